The second-order valence-corrected chi connectivity index (χ2v) is 7.58. The summed E-state index contributed by atoms with van der Waals surface area (Å²) >= 11 is 1.73. The van der Waals surface area contributed by atoms with Crippen LogP contribution in [0.15, 0.2) is 17.6 Å². The SMILES string of the molecule is CC(C)(C)c1cnc2sccc2c1C(C)(C)C. The number of nitrogens with zero attached hydrogens (tertiary/aromatic N) is 1. The van der Waals surface area contributed by atoms with Crippen molar-refractivity contribution in [2.75, 3.05) is 0 Å². The number of hydrogen-bond donors (Lipinski definition) is 0. The van der Waals surface area contributed by atoms with Gasteiger partial charge in [-0.1, -0.05) is 41.5 Å². The summed E-state index contributed by atoms with van der Waals surface area (Å²) in [6.45, 7) is 13.6. The van der Waals surface area contributed by atoms with Gasteiger partial charge in [-0.15, -0.1) is 11.3 Å². The Balaban J connectivity index is 2.85. The van der Waals surface area contributed by atoms with Gasteiger partial charge in [0.15, 0.2) is 0 Å². The van der Waals surface area contributed by atoms with E-state index < -0.39 is 0 Å². The molecule has 0 fully saturated rings. The van der Waals surface area contributed by atoms with Crippen LogP contribution in [-0.4, -0.2) is 4.98 Å². The Bertz CT molecular complexity index is 538. The molecule has 0 saturated carbocycles. The highest BCUT2D eigenvalue weighted by atomic mass is 32.1. The first-order valence-electron chi connectivity index (χ1n) is 6.08. The molecule has 0 aliphatic carbocycles. The van der Waals surface area contributed by atoms with Crippen LogP contribution in [0.4, 0.5) is 0 Å². The molecule has 1 nitrogen and oxygen atoms in total. The van der Waals surface area contributed by atoms with Gasteiger partial charge in [0, 0.05) is 11.6 Å². The zero-order chi connectivity index (χ0) is 12.8. The highest BCUT2D eigenvalue weighted by Gasteiger charge is 2.27. The predicted molar refractivity (Wildman–Crippen MR) is 77.0 cm³/mol. The monoisotopic (exact) mass is 247 g/mol. The number of rotatable bonds is 0. The maximum Gasteiger partial charge on any atom is 0.123 e. The van der Waals surface area contributed by atoms with Gasteiger partial charge in [0.2, 0.25) is 0 Å². The van der Waals surface area contributed by atoms with Crippen LogP contribution >= 0.6 is 11.3 Å². The van der Waals surface area contributed by atoms with E-state index in [2.05, 4.69) is 64.2 Å². The van der Waals surface area contributed by atoms with E-state index in [9.17, 15) is 0 Å². The predicted octanol–water partition coefficient (Wildman–Crippen LogP) is 4.89. The lowest BCUT2D eigenvalue weighted by molar-refractivity contribution is 0.533. The van der Waals surface area contributed by atoms with Crippen LogP contribution < -0.4 is 0 Å². The minimum atomic E-state index is 0.145. The topological polar surface area (TPSA) is 12.9 Å². The molecule has 2 rings (SSSR count). The summed E-state index contributed by atoms with van der Waals surface area (Å²) in [5, 5.41) is 3.47. The molecule has 2 heterocycles. The summed E-state index contributed by atoms with van der Waals surface area (Å²) in [6, 6.07) is 2.21. The van der Waals surface area contributed by atoms with E-state index in [1.54, 1.807) is 11.3 Å². The Morgan fingerprint density at radius 1 is 1.00 bits per heavy atom. The van der Waals surface area contributed by atoms with E-state index in [-0.39, 0.29) is 10.8 Å². The average Bonchev–Trinajstić information content (AvgIpc) is 2.59. The van der Waals surface area contributed by atoms with Crippen molar-refractivity contribution in [1.82, 2.24) is 4.98 Å². The van der Waals surface area contributed by atoms with Crippen LogP contribution in [0.3, 0.4) is 0 Å². The van der Waals surface area contributed by atoms with Gasteiger partial charge in [0.1, 0.15) is 4.83 Å². The molecule has 0 aromatic carbocycles. The van der Waals surface area contributed by atoms with E-state index >= 15 is 0 Å². The minimum absolute atomic E-state index is 0.145. The van der Waals surface area contributed by atoms with Gasteiger partial charge in [-0.25, -0.2) is 4.98 Å². The molecule has 92 valence electrons. The number of pyridine rings is 1. The van der Waals surface area contributed by atoms with Crippen LogP contribution in [-0.2, 0) is 10.8 Å². The summed E-state index contributed by atoms with van der Waals surface area (Å²) in [4.78, 5) is 5.76. The van der Waals surface area contributed by atoms with Crippen molar-refractivity contribution in [3.8, 4) is 0 Å². The van der Waals surface area contributed by atoms with Crippen molar-refractivity contribution in [3.05, 3.63) is 28.8 Å². The second kappa shape index (κ2) is 3.81. The number of aromatic nitrogens is 1. The maximum absolute atomic E-state index is 4.60. The van der Waals surface area contributed by atoms with Crippen LogP contribution in [0.1, 0.15) is 52.7 Å². The molecule has 0 saturated heterocycles. The molecule has 0 bridgehead atoms. The molecule has 0 aliphatic rings. The molecule has 0 N–H and O–H groups in total. The first-order valence-corrected chi connectivity index (χ1v) is 6.96. The molecule has 2 aromatic rings. The van der Waals surface area contributed by atoms with Gasteiger partial charge in [-0.05, 0) is 33.4 Å². The maximum atomic E-state index is 4.60. The van der Waals surface area contributed by atoms with Crippen LogP contribution in [0.5, 0.6) is 0 Å². The van der Waals surface area contributed by atoms with Gasteiger partial charge in [-0.2, -0.15) is 0 Å². The molecular weight excluding hydrogens is 226 g/mol. The van der Waals surface area contributed by atoms with Gasteiger partial charge < -0.3 is 0 Å². The second-order valence-electron chi connectivity index (χ2n) is 6.69. The zero-order valence-electron chi connectivity index (χ0n) is 11.6. The molecule has 2 heteroatoms. The van der Waals surface area contributed by atoms with Crippen molar-refractivity contribution in [2.45, 2.75) is 52.4 Å². The van der Waals surface area contributed by atoms with Crippen LogP contribution in [0.25, 0.3) is 10.2 Å². The van der Waals surface area contributed by atoms with E-state index in [4.69, 9.17) is 0 Å². The van der Waals surface area contributed by atoms with Crippen molar-refractivity contribution in [2.24, 2.45) is 0 Å². The van der Waals surface area contributed by atoms with Gasteiger partial charge in [-0.3, -0.25) is 0 Å². The van der Waals surface area contributed by atoms with Gasteiger partial charge in [0.05, 0.1) is 0 Å². The van der Waals surface area contributed by atoms with E-state index in [0.29, 0.717) is 0 Å². The molecule has 0 atom stereocenters. The molecule has 0 unspecified atom stereocenters. The Kier molecular flexibility index (Phi) is 2.81. The summed E-state index contributed by atoms with van der Waals surface area (Å²) in [7, 11) is 0. The van der Waals surface area contributed by atoms with Crippen molar-refractivity contribution < 1.29 is 0 Å². The van der Waals surface area contributed by atoms with Gasteiger partial charge in [0.25, 0.3) is 0 Å². The smallest absolute Gasteiger partial charge is 0.123 e. The van der Waals surface area contributed by atoms with Crippen LogP contribution in [0.2, 0.25) is 0 Å². The third-order valence-electron chi connectivity index (χ3n) is 3.05. The first kappa shape index (κ1) is 12.6. The molecular formula is C15H21NS. The standard InChI is InChI=1S/C15H21NS/c1-14(2,3)11-9-16-13-10(7-8-17-13)12(11)15(4,5)6/h7-9H,1-6H3. The Morgan fingerprint density at radius 3 is 2.18 bits per heavy atom. The van der Waals surface area contributed by atoms with Crippen molar-refractivity contribution in [1.29, 1.82) is 0 Å². The summed E-state index contributed by atoms with van der Waals surface area (Å²) < 4.78 is 0. The number of thiophene rings is 1. The summed E-state index contributed by atoms with van der Waals surface area (Å²) in [6.07, 6.45) is 2.07. The molecule has 2 aromatic heterocycles. The highest BCUT2D eigenvalue weighted by Crippen LogP contribution is 2.38. The van der Waals surface area contributed by atoms with E-state index in [1.165, 1.54) is 16.5 Å². The summed E-state index contributed by atoms with van der Waals surface area (Å²) in [5.74, 6) is 0. The fraction of sp³-hybridized carbons (Fsp3) is 0.533. The molecule has 0 aliphatic heterocycles. The minimum Gasteiger partial charge on any atom is -0.245 e. The average molecular weight is 247 g/mol. The van der Waals surface area contributed by atoms with Crippen molar-refractivity contribution in [3.63, 3.8) is 0 Å². The number of hydrogen-bond acceptors (Lipinski definition) is 2. The fourth-order valence-electron chi connectivity index (χ4n) is 2.30. The lowest BCUT2D eigenvalue weighted by atomic mass is 9.75. The quantitative estimate of drug-likeness (QED) is 0.646. The Hall–Kier alpha value is -0.890. The first-order chi connectivity index (χ1) is 7.71. The Labute approximate surface area is 108 Å². The number of fused-ring (bicyclic) bond motifs is 1. The lowest BCUT2D eigenvalue weighted by Gasteiger charge is -2.30. The zero-order valence-corrected chi connectivity index (χ0v) is 12.4. The third kappa shape index (κ3) is 2.23. The summed E-state index contributed by atoms with van der Waals surface area (Å²) in [5.41, 5.74) is 3.13. The highest BCUT2D eigenvalue weighted by molar-refractivity contribution is 7.16. The molecule has 0 amide bonds. The van der Waals surface area contributed by atoms with E-state index in [1.807, 2.05) is 0 Å². The molecule has 0 radical (unpaired) electrons. The van der Waals surface area contributed by atoms with Crippen molar-refractivity contribution >= 4 is 21.6 Å². The van der Waals surface area contributed by atoms with Gasteiger partial charge >= 0.3 is 0 Å². The Morgan fingerprint density at radius 2 is 1.65 bits per heavy atom. The molecule has 0 spiro atoms. The third-order valence-corrected chi connectivity index (χ3v) is 3.87. The fourth-order valence-corrected chi connectivity index (χ4v) is 3.04. The normalized spacial score (nSPS) is 13.3. The van der Waals surface area contributed by atoms with E-state index in [0.717, 1.165) is 4.83 Å². The lowest BCUT2D eigenvalue weighted by Crippen LogP contribution is -2.22. The molecule has 17 heavy (non-hydrogen) atoms. The largest absolute Gasteiger partial charge is 0.245 e. The van der Waals surface area contributed by atoms with Crippen LogP contribution in [0, 0.1) is 0 Å².